The van der Waals surface area contributed by atoms with E-state index < -0.39 is 58.7 Å². The summed E-state index contributed by atoms with van der Waals surface area (Å²) in [4.78, 5) is 40.2. The van der Waals surface area contributed by atoms with Crippen molar-refractivity contribution >= 4 is 17.7 Å². The van der Waals surface area contributed by atoms with Crippen LogP contribution in [0.1, 0.15) is 86.5 Å². The van der Waals surface area contributed by atoms with Gasteiger partial charge in [-0.3, -0.25) is 14.4 Å². The molecule has 2 saturated carbocycles. The van der Waals surface area contributed by atoms with Crippen LogP contribution in [0, 0.1) is 28.6 Å². The van der Waals surface area contributed by atoms with Gasteiger partial charge in [-0.2, -0.15) is 0 Å². The summed E-state index contributed by atoms with van der Waals surface area (Å²) in [5.41, 5.74) is -4.68. The Kier molecular flexibility index (Phi) is 7.52. The second kappa shape index (κ2) is 9.86. The van der Waals surface area contributed by atoms with Crippen molar-refractivity contribution < 1.29 is 39.2 Å². The molecule has 4 aliphatic carbocycles. The van der Waals surface area contributed by atoms with Gasteiger partial charge >= 0.3 is 11.9 Å². The molecule has 2 fully saturated rings. The number of rotatable bonds is 9. The summed E-state index contributed by atoms with van der Waals surface area (Å²) in [6.07, 6.45) is 4.14. The van der Waals surface area contributed by atoms with E-state index in [4.69, 9.17) is 9.47 Å². The summed E-state index contributed by atoms with van der Waals surface area (Å²) >= 11 is 0. The molecule has 0 aromatic heterocycles. The van der Waals surface area contributed by atoms with E-state index >= 15 is 0 Å². The summed E-state index contributed by atoms with van der Waals surface area (Å²) in [5, 5.41) is 34.4. The molecule has 4 aliphatic rings. The molecule has 0 heterocycles. The molecule has 212 valence electrons. The zero-order chi connectivity index (χ0) is 28.3. The Morgan fingerprint density at radius 2 is 1.79 bits per heavy atom. The molecule has 38 heavy (non-hydrogen) atoms. The van der Waals surface area contributed by atoms with E-state index in [-0.39, 0.29) is 36.1 Å². The lowest BCUT2D eigenvalue weighted by atomic mass is 9.59. The van der Waals surface area contributed by atoms with Crippen LogP contribution in [0.15, 0.2) is 23.3 Å². The van der Waals surface area contributed by atoms with Crippen molar-refractivity contribution in [3.63, 3.8) is 0 Å². The molecule has 8 heteroatoms. The van der Waals surface area contributed by atoms with E-state index in [9.17, 15) is 29.7 Å². The number of carbonyl (C=O) groups is 3. The molecule has 3 N–H and O–H groups in total. The molecule has 8 nitrogen and oxygen atoms in total. The predicted octanol–water partition coefficient (Wildman–Crippen LogP) is 3.41. The highest BCUT2D eigenvalue weighted by atomic mass is 16.6. The van der Waals surface area contributed by atoms with Crippen LogP contribution in [0.4, 0.5) is 0 Å². The number of allylic oxidation sites excluding steroid dienone is 1. The van der Waals surface area contributed by atoms with Crippen molar-refractivity contribution in [1.29, 1.82) is 0 Å². The van der Waals surface area contributed by atoms with Crippen LogP contribution >= 0.6 is 0 Å². The summed E-state index contributed by atoms with van der Waals surface area (Å²) in [6, 6.07) is 0. The SMILES string of the molecule is CCCCCC(=O)O[C@H]1C(C)=CC23C(=O)[C@@H](C=C(CO)[C@@H](O)[C@]12O)[C@@H]1C(C)(C)[C@]1(OC(=O)CCC)CC3C. The first-order chi connectivity index (χ1) is 17.8. The minimum absolute atomic E-state index is 0.105. The van der Waals surface area contributed by atoms with Crippen LogP contribution in [-0.2, 0) is 23.9 Å². The van der Waals surface area contributed by atoms with Crippen LogP contribution < -0.4 is 0 Å². The Bertz CT molecular complexity index is 1060. The van der Waals surface area contributed by atoms with Crippen LogP contribution in [0.2, 0.25) is 0 Å². The van der Waals surface area contributed by atoms with Gasteiger partial charge in [0.25, 0.3) is 0 Å². The number of ether oxygens (including phenoxy) is 2. The Morgan fingerprint density at radius 1 is 1.11 bits per heavy atom. The number of carbonyl (C=O) groups excluding carboxylic acids is 3. The van der Waals surface area contributed by atoms with E-state index in [1.165, 1.54) is 0 Å². The van der Waals surface area contributed by atoms with Gasteiger partial charge in [0.2, 0.25) is 0 Å². The highest BCUT2D eigenvalue weighted by Gasteiger charge is 2.83. The first-order valence-corrected chi connectivity index (χ1v) is 14.2. The van der Waals surface area contributed by atoms with Gasteiger partial charge in [0.15, 0.2) is 17.5 Å². The zero-order valence-electron chi connectivity index (χ0n) is 23.6. The van der Waals surface area contributed by atoms with E-state index in [0.29, 0.717) is 24.8 Å². The summed E-state index contributed by atoms with van der Waals surface area (Å²) in [5.74, 6) is -2.89. The van der Waals surface area contributed by atoms with Crippen molar-refractivity contribution in [2.45, 2.75) is 110 Å². The lowest BCUT2D eigenvalue weighted by Gasteiger charge is -2.49. The van der Waals surface area contributed by atoms with Gasteiger partial charge in [-0.25, -0.2) is 0 Å². The number of esters is 2. The summed E-state index contributed by atoms with van der Waals surface area (Å²) in [7, 11) is 0. The monoisotopic (exact) mass is 532 g/mol. The quantitative estimate of drug-likeness (QED) is 0.234. The third-order valence-electron chi connectivity index (χ3n) is 10.0. The summed E-state index contributed by atoms with van der Waals surface area (Å²) < 4.78 is 12.0. The molecule has 4 rings (SSSR count). The maximum absolute atomic E-state index is 14.6. The third kappa shape index (κ3) is 3.77. The fourth-order valence-corrected chi connectivity index (χ4v) is 8.06. The lowest BCUT2D eigenvalue weighted by Crippen LogP contribution is -2.66. The Labute approximate surface area is 225 Å². The number of unbranched alkanes of at least 4 members (excludes halogenated alkanes) is 2. The second-order valence-corrected chi connectivity index (χ2v) is 12.5. The average Bonchev–Trinajstić information content (AvgIpc) is 3.24. The van der Waals surface area contributed by atoms with Gasteiger partial charge in [-0.1, -0.05) is 59.6 Å². The number of ketones is 1. The average molecular weight is 533 g/mol. The normalized spacial score (nSPS) is 40.7. The molecule has 0 aliphatic heterocycles. The Balaban J connectivity index is 1.83. The van der Waals surface area contributed by atoms with Gasteiger partial charge in [0, 0.05) is 30.1 Å². The van der Waals surface area contributed by atoms with Crippen molar-refractivity contribution in [3.8, 4) is 0 Å². The molecule has 0 saturated heterocycles. The van der Waals surface area contributed by atoms with Crippen LogP contribution in [0.3, 0.4) is 0 Å². The minimum Gasteiger partial charge on any atom is -0.458 e. The van der Waals surface area contributed by atoms with Crippen molar-refractivity contribution in [2.24, 2.45) is 28.6 Å². The number of aliphatic hydroxyl groups is 3. The summed E-state index contributed by atoms with van der Waals surface area (Å²) in [6.45, 7) is 10.8. The number of Topliss-reactive ketones (excluding diaryl/α,β-unsaturated/α-hetero) is 1. The molecule has 8 atom stereocenters. The largest absolute Gasteiger partial charge is 0.458 e. The number of hydrogen-bond donors (Lipinski definition) is 3. The Hall–Kier alpha value is -2.03. The molecule has 0 aromatic carbocycles. The molecule has 2 bridgehead atoms. The predicted molar refractivity (Wildman–Crippen MR) is 140 cm³/mol. The lowest BCUT2D eigenvalue weighted by molar-refractivity contribution is -0.204. The molecular formula is C30H44O8. The van der Waals surface area contributed by atoms with Gasteiger partial charge < -0.3 is 24.8 Å². The zero-order valence-corrected chi connectivity index (χ0v) is 23.6. The second-order valence-electron chi connectivity index (χ2n) is 12.5. The smallest absolute Gasteiger partial charge is 0.306 e. The van der Waals surface area contributed by atoms with Gasteiger partial charge in [-0.15, -0.1) is 0 Å². The van der Waals surface area contributed by atoms with Crippen LogP contribution in [-0.4, -0.2) is 63.1 Å². The highest BCUT2D eigenvalue weighted by molar-refractivity contribution is 5.96. The molecular weight excluding hydrogens is 488 g/mol. The van der Waals surface area contributed by atoms with Crippen LogP contribution in [0.25, 0.3) is 0 Å². The van der Waals surface area contributed by atoms with Crippen molar-refractivity contribution in [3.05, 3.63) is 23.3 Å². The standard InChI is InChI=1S/C30H44O8/c1-7-9-10-12-21(32)37-26-17(3)14-28-18(4)15-29(38-22(33)11-8-2)23(27(29,5)6)20(25(28)35)13-19(16-31)24(34)30(26,28)36/h13-14,18,20,23-24,26,31,34,36H,7-12,15-16H2,1-6H3/t18?,20-,23+,24+,26-,28?,29-,30-/m0/s1. The maximum atomic E-state index is 14.6. The van der Waals surface area contributed by atoms with Gasteiger partial charge in [0.1, 0.15) is 11.7 Å². The van der Waals surface area contributed by atoms with Crippen LogP contribution in [0.5, 0.6) is 0 Å². The molecule has 0 radical (unpaired) electrons. The fraction of sp³-hybridized carbons (Fsp3) is 0.767. The van der Waals surface area contributed by atoms with Gasteiger partial charge in [0.05, 0.1) is 12.0 Å². The Morgan fingerprint density at radius 3 is 2.39 bits per heavy atom. The van der Waals surface area contributed by atoms with Crippen molar-refractivity contribution in [1.82, 2.24) is 0 Å². The van der Waals surface area contributed by atoms with Gasteiger partial charge in [-0.05, 0) is 43.3 Å². The molecule has 2 unspecified atom stereocenters. The number of hydrogen-bond acceptors (Lipinski definition) is 8. The minimum atomic E-state index is -2.22. The number of fused-ring (bicyclic) bond motifs is 3. The number of aliphatic hydroxyl groups excluding tert-OH is 2. The molecule has 0 amide bonds. The molecule has 1 spiro atoms. The third-order valence-corrected chi connectivity index (χ3v) is 10.0. The fourth-order valence-electron chi connectivity index (χ4n) is 8.06. The maximum Gasteiger partial charge on any atom is 0.306 e. The topological polar surface area (TPSA) is 130 Å². The molecule has 0 aromatic rings. The highest BCUT2D eigenvalue weighted by Crippen LogP contribution is 2.75. The van der Waals surface area contributed by atoms with E-state index in [1.54, 1.807) is 19.1 Å². The van der Waals surface area contributed by atoms with E-state index in [2.05, 4.69) is 0 Å². The first-order valence-electron chi connectivity index (χ1n) is 14.2. The first kappa shape index (κ1) is 29.0. The van der Waals surface area contributed by atoms with Crippen molar-refractivity contribution in [2.75, 3.05) is 6.61 Å². The van der Waals surface area contributed by atoms with E-state index in [0.717, 1.165) is 12.8 Å². The van der Waals surface area contributed by atoms with E-state index in [1.807, 2.05) is 34.6 Å².